The molecule has 1 aromatic carbocycles. The second-order valence-electron chi connectivity index (χ2n) is 4.96. The van der Waals surface area contributed by atoms with E-state index in [2.05, 4.69) is 49.3 Å². The minimum absolute atomic E-state index is 0.348. The number of nitrogens with one attached hydrogen (secondary N) is 1. The van der Waals surface area contributed by atoms with Gasteiger partial charge in [-0.1, -0.05) is 23.8 Å². The number of benzene rings is 1. The highest BCUT2D eigenvalue weighted by Gasteiger charge is 2.08. The van der Waals surface area contributed by atoms with Gasteiger partial charge in [-0.2, -0.15) is 0 Å². The summed E-state index contributed by atoms with van der Waals surface area (Å²) in [6.07, 6.45) is 3.74. The van der Waals surface area contributed by atoms with Crippen molar-refractivity contribution in [1.82, 2.24) is 14.9 Å². The van der Waals surface area contributed by atoms with Crippen molar-refractivity contribution in [3.63, 3.8) is 0 Å². The number of imidazole rings is 1. The monoisotopic (exact) mass is 243 g/mol. The van der Waals surface area contributed by atoms with Crippen molar-refractivity contribution in [2.24, 2.45) is 7.05 Å². The van der Waals surface area contributed by atoms with Crippen LogP contribution in [-0.2, 0) is 13.6 Å². The van der Waals surface area contributed by atoms with E-state index in [1.54, 1.807) is 0 Å². The molecule has 0 spiro atoms. The van der Waals surface area contributed by atoms with Gasteiger partial charge in [0, 0.05) is 25.8 Å². The molecule has 1 N–H and O–H groups in total. The average Bonchev–Trinajstić information content (AvgIpc) is 2.72. The average molecular weight is 243 g/mol. The fourth-order valence-corrected chi connectivity index (χ4v) is 2.23. The van der Waals surface area contributed by atoms with Gasteiger partial charge >= 0.3 is 0 Å². The van der Waals surface area contributed by atoms with Gasteiger partial charge in [-0.05, 0) is 31.9 Å². The number of aryl methyl sites for hydroxylation is 3. The van der Waals surface area contributed by atoms with E-state index in [9.17, 15) is 0 Å². The van der Waals surface area contributed by atoms with Crippen LogP contribution in [0.5, 0.6) is 0 Å². The molecule has 0 aliphatic rings. The van der Waals surface area contributed by atoms with E-state index in [1.807, 2.05) is 24.1 Å². The van der Waals surface area contributed by atoms with Gasteiger partial charge in [-0.25, -0.2) is 4.98 Å². The summed E-state index contributed by atoms with van der Waals surface area (Å²) in [5.41, 5.74) is 5.23. The maximum absolute atomic E-state index is 4.12. The number of aromatic nitrogens is 2. The van der Waals surface area contributed by atoms with Crippen LogP contribution in [0.2, 0.25) is 0 Å². The lowest BCUT2D eigenvalue weighted by molar-refractivity contribution is 0.556. The molecule has 0 saturated heterocycles. The molecule has 0 aliphatic carbocycles. The molecule has 0 aliphatic heterocycles. The Kier molecular flexibility index (Phi) is 3.82. The standard InChI is InChI=1S/C15H21N3/c1-11-5-6-15(12(2)7-11)13(3)17-9-14-8-16-10-18(14)4/h5-8,10,13,17H,9H2,1-4H3. The minimum atomic E-state index is 0.348. The molecule has 0 amide bonds. The largest absolute Gasteiger partial charge is 0.337 e. The molecule has 1 atom stereocenters. The van der Waals surface area contributed by atoms with Crippen LogP contribution >= 0.6 is 0 Å². The lowest BCUT2D eigenvalue weighted by Gasteiger charge is -2.17. The highest BCUT2D eigenvalue weighted by atomic mass is 15.0. The Labute approximate surface area is 109 Å². The third-order valence-electron chi connectivity index (χ3n) is 3.40. The molecule has 3 heteroatoms. The number of nitrogens with zero attached hydrogens (tertiary/aromatic N) is 2. The molecule has 1 unspecified atom stereocenters. The predicted octanol–water partition coefficient (Wildman–Crippen LogP) is 2.89. The quantitative estimate of drug-likeness (QED) is 0.895. The van der Waals surface area contributed by atoms with Gasteiger partial charge < -0.3 is 9.88 Å². The zero-order chi connectivity index (χ0) is 13.1. The molecule has 1 aromatic heterocycles. The van der Waals surface area contributed by atoms with Crippen LogP contribution in [0.4, 0.5) is 0 Å². The molecular weight excluding hydrogens is 222 g/mol. The predicted molar refractivity (Wildman–Crippen MR) is 74.4 cm³/mol. The zero-order valence-corrected chi connectivity index (χ0v) is 11.6. The van der Waals surface area contributed by atoms with E-state index in [0.29, 0.717) is 6.04 Å². The van der Waals surface area contributed by atoms with Crippen LogP contribution in [-0.4, -0.2) is 9.55 Å². The van der Waals surface area contributed by atoms with Crippen molar-refractivity contribution in [3.8, 4) is 0 Å². The molecule has 2 aromatic rings. The smallest absolute Gasteiger partial charge is 0.0945 e. The maximum Gasteiger partial charge on any atom is 0.0945 e. The fraction of sp³-hybridized carbons (Fsp3) is 0.400. The van der Waals surface area contributed by atoms with Gasteiger partial charge in [0.1, 0.15) is 0 Å². The van der Waals surface area contributed by atoms with E-state index in [4.69, 9.17) is 0 Å². The van der Waals surface area contributed by atoms with E-state index >= 15 is 0 Å². The fourth-order valence-electron chi connectivity index (χ4n) is 2.23. The Morgan fingerprint density at radius 1 is 1.33 bits per heavy atom. The molecule has 1 heterocycles. The first kappa shape index (κ1) is 12.8. The van der Waals surface area contributed by atoms with E-state index in [-0.39, 0.29) is 0 Å². The van der Waals surface area contributed by atoms with Crippen molar-refractivity contribution in [2.75, 3.05) is 0 Å². The van der Waals surface area contributed by atoms with Gasteiger partial charge in [0.2, 0.25) is 0 Å². The molecular formula is C15H21N3. The van der Waals surface area contributed by atoms with Gasteiger partial charge in [0.05, 0.1) is 12.0 Å². The van der Waals surface area contributed by atoms with Gasteiger partial charge in [-0.15, -0.1) is 0 Å². The molecule has 0 bridgehead atoms. The highest BCUT2D eigenvalue weighted by molar-refractivity contribution is 5.32. The Morgan fingerprint density at radius 2 is 2.11 bits per heavy atom. The van der Waals surface area contributed by atoms with E-state index in [0.717, 1.165) is 6.54 Å². The molecule has 2 rings (SSSR count). The van der Waals surface area contributed by atoms with E-state index in [1.165, 1.54) is 22.4 Å². The summed E-state index contributed by atoms with van der Waals surface area (Å²) in [4.78, 5) is 4.12. The van der Waals surface area contributed by atoms with Crippen molar-refractivity contribution in [2.45, 2.75) is 33.4 Å². The van der Waals surface area contributed by atoms with Crippen molar-refractivity contribution in [3.05, 3.63) is 53.1 Å². The molecule has 0 radical (unpaired) electrons. The number of rotatable bonds is 4. The molecule has 18 heavy (non-hydrogen) atoms. The third kappa shape index (κ3) is 2.79. The summed E-state index contributed by atoms with van der Waals surface area (Å²) in [5, 5.41) is 3.54. The van der Waals surface area contributed by atoms with Gasteiger partial charge in [-0.3, -0.25) is 0 Å². The van der Waals surface area contributed by atoms with Crippen LogP contribution in [0.3, 0.4) is 0 Å². The number of hydrogen-bond donors (Lipinski definition) is 1. The van der Waals surface area contributed by atoms with Gasteiger partial charge in [0.15, 0.2) is 0 Å². The summed E-state index contributed by atoms with van der Waals surface area (Å²) in [6, 6.07) is 6.97. The first-order valence-electron chi connectivity index (χ1n) is 6.33. The Morgan fingerprint density at radius 3 is 2.72 bits per heavy atom. The van der Waals surface area contributed by atoms with Crippen molar-refractivity contribution >= 4 is 0 Å². The van der Waals surface area contributed by atoms with Crippen LogP contribution in [0.1, 0.15) is 35.3 Å². The molecule has 96 valence electrons. The summed E-state index contributed by atoms with van der Waals surface area (Å²) in [5.74, 6) is 0. The lowest BCUT2D eigenvalue weighted by atomic mass is 10.0. The molecule has 0 saturated carbocycles. The van der Waals surface area contributed by atoms with Crippen molar-refractivity contribution in [1.29, 1.82) is 0 Å². The first-order chi connectivity index (χ1) is 8.58. The topological polar surface area (TPSA) is 29.9 Å². The maximum atomic E-state index is 4.12. The van der Waals surface area contributed by atoms with Crippen LogP contribution in [0.25, 0.3) is 0 Å². The molecule has 3 nitrogen and oxygen atoms in total. The van der Waals surface area contributed by atoms with Gasteiger partial charge in [0.25, 0.3) is 0 Å². The third-order valence-corrected chi connectivity index (χ3v) is 3.40. The second-order valence-corrected chi connectivity index (χ2v) is 4.96. The highest BCUT2D eigenvalue weighted by Crippen LogP contribution is 2.18. The zero-order valence-electron chi connectivity index (χ0n) is 11.6. The Bertz CT molecular complexity index is 528. The number of hydrogen-bond acceptors (Lipinski definition) is 2. The summed E-state index contributed by atoms with van der Waals surface area (Å²) >= 11 is 0. The second kappa shape index (κ2) is 5.36. The summed E-state index contributed by atoms with van der Waals surface area (Å²) < 4.78 is 2.04. The normalized spacial score (nSPS) is 12.7. The minimum Gasteiger partial charge on any atom is -0.337 e. The summed E-state index contributed by atoms with van der Waals surface area (Å²) in [6.45, 7) is 7.34. The van der Waals surface area contributed by atoms with Crippen LogP contribution < -0.4 is 5.32 Å². The lowest BCUT2D eigenvalue weighted by Crippen LogP contribution is -2.20. The van der Waals surface area contributed by atoms with E-state index < -0.39 is 0 Å². The van der Waals surface area contributed by atoms with Crippen LogP contribution in [0.15, 0.2) is 30.7 Å². The SMILES string of the molecule is Cc1ccc(C(C)NCc2cncn2C)c(C)c1. The molecule has 0 fully saturated rings. The van der Waals surface area contributed by atoms with Crippen LogP contribution in [0, 0.1) is 13.8 Å². The Balaban J connectivity index is 2.03. The van der Waals surface area contributed by atoms with Crippen molar-refractivity contribution < 1.29 is 0 Å². The summed E-state index contributed by atoms with van der Waals surface area (Å²) in [7, 11) is 2.02. The first-order valence-corrected chi connectivity index (χ1v) is 6.33. The Hall–Kier alpha value is -1.61.